The van der Waals surface area contributed by atoms with Crippen LogP contribution in [-0.2, 0) is 0 Å². The van der Waals surface area contributed by atoms with Gasteiger partial charge in [-0.2, -0.15) is 0 Å². The average molecular weight is 261 g/mol. The average Bonchev–Trinajstić information content (AvgIpc) is 2.47. The second-order valence-electron chi connectivity index (χ2n) is 6.57. The van der Waals surface area contributed by atoms with Crippen molar-refractivity contribution in [3.05, 3.63) is 0 Å². The molecule has 2 fully saturated rings. The van der Waals surface area contributed by atoms with Crippen LogP contribution in [0, 0.1) is 29.6 Å². The predicted molar refractivity (Wildman–Crippen MR) is 82.9 cm³/mol. The molecule has 2 aliphatic rings. The number of hydrogen-bond acceptors (Lipinski definition) is 1. The van der Waals surface area contributed by atoms with Crippen molar-refractivity contribution in [2.75, 3.05) is 6.54 Å². The summed E-state index contributed by atoms with van der Waals surface area (Å²) in [6.07, 6.45) is 12.7. The van der Waals surface area contributed by atoms with E-state index in [9.17, 15) is 0 Å². The van der Waals surface area contributed by atoms with E-state index in [0.29, 0.717) is 6.04 Å². The molecule has 108 valence electrons. The fourth-order valence-electron chi connectivity index (χ4n) is 4.22. The normalized spacial score (nSPS) is 32.0. The van der Waals surface area contributed by atoms with Gasteiger partial charge in [-0.25, -0.2) is 0 Å². The highest BCUT2D eigenvalue weighted by molar-refractivity contribution is 5.00. The van der Waals surface area contributed by atoms with Crippen molar-refractivity contribution >= 4 is 0 Å². The molecular formula is C18H31N. The smallest absolute Gasteiger partial charge is 0.0245 e. The molecule has 2 saturated carbocycles. The van der Waals surface area contributed by atoms with Gasteiger partial charge in [0, 0.05) is 12.5 Å². The first kappa shape index (κ1) is 14.9. The molecule has 1 heteroatoms. The van der Waals surface area contributed by atoms with Crippen LogP contribution in [0.1, 0.15) is 71.6 Å². The lowest BCUT2D eigenvalue weighted by atomic mass is 9.66. The Hall–Kier alpha value is -0.480. The quantitative estimate of drug-likeness (QED) is 0.724. The van der Waals surface area contributed by atoms with Crippen molar-refractivity contribution in [1.82, 2.24) is 5.32 Å². The maximum Gasteiger partial charge on any atom is 0.0245 e. The summed E-state index contributed by atoms with van der Waals surface area (Å²) < 4.78 is 0. The SMILES string of the molecule is CC#CCC(NCCC)C1CCC2CCCCC2C1. The lowest BCUT2D eigenvalue weighted by molar-refractivity contribution is 0.110. The summed E-state index contributed by atoms with van der Waals surface area (Å²) in [4.78, 5) is 0. The first-order valence-corrected chi connectivity index (χ1v) is 8.48. The first-order chi connectivity index (χ1) is 9.35. The van der Waals surface area contributed by atoms with Gasteiger partial charge in [0.1, 0.15) is 0 Å². The highest BCUT2D eigenvalue weighted by Crippen LogP contribution is 2.43. The predicted octanol–water partition coefficient (Wildman–Crippen LogP) is 4.37. The Balaban J connectivity index is 1.90. The topological polar surface area (TPSA) is 12.0 Å². The van der Waals surface area contributed by atoms with Crippen molar-refractivity contribution in [2.45, 2.75) is 77.7 Å². The molecule has 1 N–H and O–H groups in total. The second-order valence-corrected chi connectivity index (χ2v) is 6.57. The van der Waals surface area contributed by atoms with Gasteiger partial charge in [-0.15, -0.1) is 11.8 Å². The van der Waals surface area contributed by atoms with Crippen molar-refractivity contribution < 1.29 is 0 Å². The van der Waals surface area contributed by atoms with E-state index in [2.05, 4.69) is 24.1 Å². The third-order valence-corrected chi connectivity index (χ3v) is 5.30. The molecule has 0 aromatic rings. The Labute approximate surface area is 119 Å². The highest BCUT2D eigenvalue weighted by atomic mass is 14.9. The van der Waals surface area contributed by atoms with Crippen molar-refractivity contribution in [3.8, 4) is 11.8 Å². The highest BCUT2D eigenvalue weighted by Gasteiger charge is 2.34. The van der Waals surface area contributed by atoms with Gasteiger partial charge in [0.05, 0.1) is 0 Å². The largest absolute Gasteiger partial charge is 0.313 e. The van der Waals surface area contributed by atoms with Gasteiger partial charge in [-0.3, -0.25) is 0 Å². The van der Waals surface area contributed by atoms with E-state index < -0.39 is 0 Å². The van der Waals surface area contributed by atoms with Gasteiger partial charge >= 0.3 is 0 Å². The van der Waals surface area contributed by atoms with Crippen molar-refractivity contribution in [2.24, 2.45) is 17.8 Å². The molecular weight excluding hydrogens is 230 g/mol. The zero-order valence-corrected chi connectivity index (χ0v) is 12.9. The molecule has 4 atom stereocenters. The summed E-state index contributed by atoms with van der Waals surface area (Å²) in [6, 6.07) is 0.648. The lowest BCUT2D eigenvalue weighted by Gasteiger charge is -2.42. The van der Waals surface area contributed by atoms with Crippen LogP contribution in [0.25, 0.3) is 0 Å². The minimum absolute atomic E-state index is 0.648. The Morgan fingerprint density at radius 1 is 1.11 bits per heavy atom. The second kappa shape index (κ2) is 7.95. The van der Waals surface area contributed by atoms with E-state index in [-0.39, 0.29) is 0 Å². The van der Waals surface area contributed by atoms with E-state index in [1.807, 2.05) is 6.92 Å². The lowest BCUT2D eigenvalue weighted by Crippen LogP contribution is -2.41. The van der Waals surface area contributed by atoms with Gasteiger partial charge < -0.3 is 5.32 Å². The molecule has 1 nitrogen and oxygen atoms in total. The fourth-order valence-corrected chi connectivity index (χ4v) is 4.22. The standard InChI is InChI=1S/C18H31N/c1-3-5-10-18(19-13-4-2)17-12-11-15-8-6-7-9-16(15)14-17/h15-19H,4,6-14H2,1-2H3. The van der Waals surface area contributed by atoms with Gasteiger partial charge in [0.2, 0.25) is 0 Å². The number of nitrogens with one attached hydrogen (secondary N) is 1. The zero-order valence-electron chi connectivity index (χ0n) is 12.9. The Morgan fingerprint density at radius 2 is 1.89 bits per heavy atom. The van der Waals surface area contributed by atoms with E-state index in [1.54, 1.807) is 0 Å². The van der Waals surface area contributed by atoms with E-state index in [4.69, 9.17) is 0 Å². The maximum atomic E-state index is 3.77. The molecule has 4 unspecified atom stereocenters. The Bertz CT molecular complexity index is 311. The maximum absolute atomic E-state index is 3.77. The van der Waals surface area contributed by atoms with Crippen LogP contribution in [-0.4, -0.2) is 12.6 Å². The third-order valence-electron chi connectivity index (χ3n) is 5.30. The van der Waals surface area contributed by atoms with Crippen LogP contribution < -0.4 is 5.32 Å². The van der Waals surface area contributed by atoms with Crippen LogP contribution in [0.5, 0.6) is 0 Å². The molecule has 0 radical (unpaired) electrons. The minimum Gasteiger partial charge on any atom is -0.313 e. The summed E-state index contributed by atoms with van der Waals surface area (Å²) in [6.45, 7) is 5.38. The fraction of sp³-hybridized carbons (Fsp3) is 0.889. The zero-order chi connectivity index (χ0) is 13.5. The molecule has 2 rings (SSSR count). The molecule has 0 aromatic carbocycles. The van der Waals surface area contributed by atoms with Crippen molar-refractivity contribution in [3.63, 3.8) is 0 Å². The molecule has 19 heavy (non-hydrogen) atoms. The molecule has 0 amide bonds. The van der Waals surface area contributed by atoms with Crippen LogP contribution >= 0.6 is 0 Å². The molecule has 2 aliphatic carbocycles. The summed E-state index contributed by atoms with van der Waals surface area (Å²) in [5.41, 5.74) is 0. The molecule has 0 aliphatic heterocycles. The van der Waals surface area contributed by atoms with Gasteiger partial charge in [0.25, 0.3) is 0 Å². The third kappa shape index (κ3) is 4.25. The molecule has 0 aromatic heterocycles. The first-order valence-electron chi connectivity index (χ1n) is 8.48. The van der Waals surface area contributed by atoms with Gasteiger partial charge in [-0.05, 0) is 56.9 Å². The number of rotatable bonds is 5. The van der Waals surface area contributed by atoms with Crippen LogP contribution in [0.4, 0.5) is 0 Å². The summed E-state index contributed by atoms with van der Waals surface area (Å²) in [5.74, 6) is 9.37. The molecule has 0 spiro atoms. The molecule has 0 bridgehead atoms. The number of hydrogen-bond donors (Lipinski definition) is 1. The number of fused-ring (bicyclic) bond motifs is 1. The van der Waals surface area contributed by atoms with E-state index in [0.717, 1.165) is 30.7 Å². The van der Waals surface area contributed by atoms with Crippen LogP contribution in [0.15, 0.2) is 0 Å². The summed E-state index contributed by atoms with van der Waals surface area (Å²) >= 11 is 0. The van der Waals surface area contributed by atoms with Gasteiger partial charge in [-0.1, -0.05) is 32.6 Å². The van der Waals surface area contributed by atoms with E-state index >= 15 is 0 Å². The van der Waals surface area contributed by atoms with Gasteiger partial charge in [0.15, 0.2) is 0 Å². The Morgan fingerprint density at radius 3 is 2.63 bits per heavy atom. The van der Waals surface area contributed by atoms with Crippen LogP contribution in [0.2, 0.25) is 0 Å². The van der Waals surface area contributed by atoms with E-state index in [1.165, 1.54) is 51.4 Å². The molecule has 0 saturated heterocycles. The summed E-state index contributed by atoms with van der Waals surface area (Å²) in [7, 11) is 0. The monoisotopic (exact) mass is 261 g/mol. The minimum atomic E-state index is 0.648. The van der Waals surface area contributed by atoms with Crippen molar-refractivity contribution in [1.29, 1.82) is 0 Å². The van der Waals surface area contributed by atoms with Crippen LogP contribution in [0.3, 0.4) is 0 Å². The Kier molecular flexibility index (Phi) is 6.24. The molecule has 0 heterocycles. The summed E-state index contributed by atoms with van der Waals surface area (Å²) in [5, 5.41) is 3.77.